The zero-order valence-corrected chi connectivity index (χ0v) is 18.5. The predicted molar refractivity (Wildman–Crippen MR) is 128 cm³/mol. The molecule has 0 fully saturated rings. The van der Waals surface area contributed by atoms with Gasteiger partial charge in [-0.1, -0.05) is 84.9 Å². The summed E-state index contributed by atoms with van der Waals surface area (Å²) in [6.07, 6.45) is 1.20. The van der Waals surface area contributed by atoms with E-state index < -0.39 is 0 Å². The lowest BCUT2D eigenvalue weighted by molar-refractivity contribution is -0.125. The molecule has 2 unspecified atom stereocenters. The van der Waals surface area contributed by atoms with Gasteiger partial charge in [0.05, 0.1) is 12.0 Å². The fourth-order valence-electron chi connectivity index (χ4n) is 3.66. The highest BCUT2D eigenvalue weighted by molar-refractivity contribution is 7.80. The SMILES string of the molecule is O=C(NC(Cc1ccc(-c2ccccc2)cc1)c1nnn[nH]1)C(CS)Cc1ccccc1. The Morgan fingerprint density at radius 2 is 1.47 bits per heavy atom. The highest BCUT2D eigenvalue weighted by Crippen LogP contribution is 2.22. The Labute approximate surface area is 192 Å². The molecule has 1 heterocycles. The van der Waals surface area contributed by atoms with Crippen LogP contribution in [0.15, 0.2) is 84.9 Å². The molecule has 0 aliphatic heterocycles. The van der Waals surface area contributed by atoms with Gasteiger partial charge in [-0.2, -0.15) is 12.6 Å². The third-order valence-corrected chi connectivity index (χ3v) is 5.87. The Hall–Kier alpha value is -3.45. The Balaban J connectivity index is 1.47. The van der Waals surface area contributed by atoms with Gasteiger partial charge >= 0.3 is 0 Å². The van der Waals surface area contributed by atoms with Crippen LogP contribution in [0.3, 0.4) is 0 Å². The summed E-state index contributed by atoms with van der Waals surface area (Å²) in [6.45, 7) is 0. The molecule has 2 atom stereocenters. The van der Waals surface area contributed by atoms with E-state index >= 15 is 0 Å². The normalized spacial score (nSPS) is 12.8. The van der Waals surface area contributed by atoms with Gasteiger partial charge in [-0.3, -0.25) is 4.79 Å². The number of H-pyrrole nitrogens is 1. The number of tetrazole rings is 1. The van der Waals surface area contributed by atoms with Gasteiger partial charge in [-0.25, -0.2) is 5.10 Å². The lowest BCUT2D eigenvalue weighted by atomic mass is 9.98. The minimum absolute atomic E-state index is 0.0637. The first-order valence-corrected chi connectivity index (χ1v) is 11.2. The predicted octanol–water partition coefficient (Wildman–Crippen LogP) is 4.06. The summed E-state index contributed by atoms with van der Waals surface area (Å²) in [6, 6.07) is 28.2. The summed E-state index contributed by atoms with van der Waals surface area (Å²) in [7, 11) is 0. The number of rotatable bonds is 9. The largest absolute Gasteiger partial charge is 0.345 e. The van der Waals surface area contributed by atoms with E-state index in [2.05, 4.69) is 75.0 Å². The van der Waals surface area contributed by atoms with Crippen molar-refractivity contribution in [1.82, 2.24) is 25.9 Å². The molecule has 1 aromatic heterocycles. The number of aromatic amines is 1. The molecule has 7 heteroatoms. The molecule has 0 aliphatic carbocycles. The third-order valence-electron chi connectivity index (χ3n) is 5.43. The third kappa shape index (κ3) is 5.62. The smallest absolute Gasteiger partial charge is 0.224 e. The van der Waals surface area contributed by atoms with Crippen molar-refractivity contribution in [3.63, 3.8) is 0 Å². The van der Waals surface area contributed by atoms with Gasteiger partial charge < -0.3 is 5.32 Å². The molecule has 0 saturated carbocycles. The zero-order chi connectivity index (χ0) is 22.2. The maximum Gasteiger partial charge on any atom is 0.224 e. The van der Waals surface area contributed by atoms with Gasteiger partial charge in [0.25, 0.3) is 0 Å². The summed E-state index contributed by atoms with van der Waals surface area (Å²) in [4.78, 5) is 13.1. The van der Waals surface area contributed by atoms with Crippen LogP contribution in [0.4, 0.5) is 0 Å². The van der Waals surface area contributed by atoms with E-state index in [1.807, 2.05) is 48.5 Å². The molecule has 0 radical (unpaired) electrons. The van der Waals surface area contributed by atoms with Crippen LogP contribution in [0.2, 0.25) is 0 Å². The van der Waals surface area contributed by atoms with Crippen LogP contribution in [0.5, 0.6) is 0 Å². The number of thiol groups is 1. The molecule has 1 amide bonds. The highest BCUT2D eigenvalue weighted by atomic mass is 32.1. The maximum atomic E-state index is 13.1. The quantitative estimate of drug-likeness (QED) is 0.341. The van der Waals surface area contributed by atoms with E-state index in [0.717, 1.165) is 16.7 Å². The van der Waals surface area contributed by atoms with Crippen LogP contribution >= 0.6 is 12.6 Å². The van der Waals surface area contributed by atoms with Gasteiger partial charge in [-0.05, 0) is 39.1 Å². The summed E-state index contributed by atoms with van der Waals surface area (Å²) in [5.41, 5.74) is 4.50. The first-order valence-electron chi connectivity index (χ1n) is 10.6. The monoisotopic (exact) mass is 443 g/mol. The number of carbonyl (C=O) groups excluding carboxylic acids is 1. The second-order valence-electron chi connectivity index (χ2n) is 7.68. The van der Waals surface area contributed by atoms with Gasteiger partial charge in [0.1, 0.15) is 0 Å². The Morgan fingerprint density at radius 1 is 0.844 bits per heavy atom. The minimum Gasteiger partial charge on any atom is -0.345 e. The second kappa shape index (κ2) is 10.7. The van der Waals surface area contributed by atoms with Crippen LogP contribution in [-0.2, 0) is 17.6 Å². The summed E-state index contributed by atoms with van der Waals surface area (Å²) < 4.78 is 0. The number of hydrogen-bond donors (Lipinski definition) is 3. The molecule has 2 N–H and O–H groups in total. The molecule has 3 aromatic carbocycles. The van der Waals surface area contributed by atoms with Gasteiger partial charge in [0.2, 0.25) is 5.91 Å². The van der Waals surface area contributed by atoms with Crippen LogP contribution in [0, 0.1) is 5.92 Å². The van der Waals surface area contributed by atoms with E-state index in [4.69, 9.17) is 0 Å². The van der Waals surface area contributed by atoms with E-state index in [9.17, 15) is 4.79 Å². The first kappa shape index (κ1) is 21.8. The number of nitrogens with one attached hydrogen (secondary N) is 2. The van der Waals surface area contributed by atoms with E-state index in [-0.39, 0.29) is 17.9 Å². The van der Waals surface area contributed by atoms with Gasteiger partial charge in [-0.15, -0.1) is 5.10 Å². The molecule has 0 aliphatic rings. The van der Waals surface area contributed by atoms with Crippen molar-refractivity contribution in [2.45, 2.75) is 18.9 Å². The van der Waals surface area contributed by atoms with Crippen LogP contribution in [-0.4, -0.2) is 32.3 Å². The molecular weight excluding hydrogens is 418 g/mol. The molecule has 4 aromatic rings. The highest BCUT2D eigenvalue weighted by Gasteiger charge is 2.24. The molecule has 0 saturated heterocycles. The lowest BCUT2D eigenvalue weighted by Gasteiger charge is -2.20. The van der Waals surface area contributed by atoms with E-state index in [1.54, 1.807) is 0 Å². The second-order valence-corrected chi connectivity index (χ2v) is 8.05. The van der Waals surface area contributed by atoms with Crippen molar-refractivity contribution in [3.05, 3.63) is 102 Å². The number of hydrogen-bond acceptors (Lipinski definition) is 5. The van der Waals surface area contributed by atoms with Crippen molar-refractivity contribution in [2.75, 3.05) is 5.75 Å². The average molecular weight is 444 g/mol. The summed E-state index contributed by atoms with van der Waals surface area (Å²) in [5.74, 6) is 0.669. The Kier molecular flexibility index (Phi) is 7.30. The van der Waals surface area contributed by atoms with Gasteiger partial charge in [0.15, 0.2) is 5.82 Å². The van der Waals surface area contributed by atoms with Crippen molar-refractivity contribution in [2.24, 2.45) is 5.92 Å². The minimum atomic E-state index is -0.363. The van der Waals surface area contributed by atoms with Crippen LogP contribution in [0.25, 0.3) is 11.1 Å². The van der Waals surface area contributed by atoms with Crippen LogP contribution in [0.1, 0.15) is 23.0 Å². The van der Waals surface area contributed by atoms with E-state index in [0.29, 0.717) is 24.4 Å². The number of nitrogens with zero attached hydrogens (tertiary/aromatic N) is 3. The molecule has 4 rings (SSSR count). The average Bonchev–Trinajstić information content (AvgIpc) is 3.39. The Bertz CT molecular complexity index is 1100. The number of carbonyl (C=O) groups is 1. The molecule has 162 valence electrons. The summed E-state index contributed by atoms with van der Waals surface area (Å²) in [5, 5.41) is 17.4. The number of aromatic nitrogens is 4. The molecule has 32 heavy (non-hydrogen) atoms. The van der Waals surface area contributed by atoms with Gasteiger partial charge in [0, 0.05) is 12.2 Å². The topological polar surface area (TPSA) is 83.6 Å². The molecular formula is C25H25N5OS. The standard InChI is InChI=1S/C25H25N5OS/c31-25(22(17-32)15-18-7-3-1-4-8-18)26-23(24-27-29-30-28-24)16-19-11-13-21(14-12-19)20-9-5-2-6-10-20/h1-14,22-23,32H,15-17H2,(H,26,31)(H,27,28,29,30). The number of benzene rings is 3. The van der Waals surface area contributed by atoms with Crippen molar-refractivity contribution in [3.8, 4) is 11.1 Å². The van der Waals surface area contributed by atoms with Crippen molar-refractivity contribution >= 4 is 18.5 Å². The molecule has 6 nitrogen and oxygen atoms in total. The van der Waals surface area contributed by atoms with E-state index in [1.165, 1.54) is 5.56 Å². The fourth-order valence-corrected chi connectivity index (χ4v) is 3.95. The van der Waals surface area contributed by atoms with Crippen molar-refractivity contribution < 1.29 is 4.79 Å². The first-order chi connectivity index (χ1) is 15.7. The Morgan fingerprint density at radius 3 is 2.09 bits per heavy atom. The maximum absolute atomic E-state index is 13.1. The van der Waals surface area contributed by atoms with Crippen molar-refractivity contribution in [1.29, 1.82) is 0 Å². The molecule has 0 spiro atoms. The summed E-state index contributed by atoms with van der Waals surface area (Å²) >= 11 is 4.42. The fraction of sp³-hybridized carbons (Fsp3) is 0.200. The van der Waals surface area contributed by atoms with Crippen LogP contribution < -0.4 is 5.32 Å². The zero-order valence-electron chi connectivity index (χ0n) is 17.6. The number of amides is 1. The molecule has 0 bridgehead atoms. The lowest BCUT2D eigenvalue weighted by Crippen LogP contribution is -2.37.